The van der Waals surface area contributed by atoms with Gasteiger partial charge in [-0.15, -0.1) is 13.2 Å². The van der Waals surface area contributed by atoms with Crippen molar-refractivity contribution in [3.05, 3.63) is 36.5 Å². The predicted octanol–water partition coefficient (Wildman–Crippen LogP) is 7.33. The Bertz CT molecular complexity index is 538. The molecule has 2 fully saturated rings. The highest BCUT2D eigenvalue weighted by molar-refractivity contribution is 5.21. The van der Waals surface area contributed by atoms with Gasteiger partial charge in [-0.3, -0.25) is 0 Å². The second-order valence-electron chi connectivity index (χ2n) is 9.72. The molecule has 3 aliphatic rings. The van der Waals surface area contributed by atoms with Crippen LogP contribution in [0.15, 0.2) is 36.5 Å². The third-order valence-corrected chi connectivity index (χ3v) is 8.57. The van der Waals surface area contributed by atoms with Gasteiger partial charge in [-0.1, -0.05) is 37.1 Å². The molecule has 0 amide bonds. The van der Waals surface area contributed by atoms with Gasteiger partial charge in [0, 0.05) is 0 Å². The summed E-state index contributed by atoms with van der Waals surface area (Å²) < 4.78 is 0. The normalized spacial score (nSPS) is 44.4. The lowest BCUT2D eigenvalue weighted by atomic mass is 9.48. The third-order valence-electron chi connectivity index (χ3n) is 8.57. The third kappa shape index (κ3) is 2.74. The molecule has 0 nitrogen and oxygen atoms in total. The van der Waals surface area contributed by atoms with Crippen LogP contribution in [0.5, 0.6) is 0 Å². The van der Waals surface area contributed by atoms with Gasteiger partial charge in [-0.2, -0.15) is 0 Å². The van der Waals surface area contributed by atoms with E-state index in [9.17, 15) is 0 Å². The van der Waals surface area contributed by atoms with Crippen LogP contribution in [-0.2, 0) is 0 Å². The molecule has 0 aromatic heterocycles. The molecule has 6 atom stereocenters. The molecule has 0 bridgehead atoms. The number of hydrogen-bond donors (Lipinski definition) is 0. The standard InChI is InChI=1S/C24H38/c1-7-8-19-10-12-21-20-11-9-18(4)23(5,15-13-17(2)3)22(20)14-16-24(19,21)6/h7,9,19-22H,1-2,8,10-16H2,3-6H3. The van der Waals surface area contributed by atoms with E-state index in [0.29, 0.717) is 10.8 Å². The fourth-order valence-electron chi connectivity index (χ4n) is 6.80. The van der Waals surface area contributed by atoms with E-state index in [1.165, 1.54) is 56.9 Å². The molecule has 2 saturated carbocycles. The van der Waals surface area contributed by atoms with Gasteiger partial charge in [0.25, 0.3) is 0 Å². The van der Waals surface area contributed by atoms with E-state index in [0.717, 1.165) is 23.7 Å². The summed E-state index contributed by atoms with van der Waals surface area (Å²) in [6.07, 6.45) is 15.6. The molecular formula is C24H38. The lowest BCUT2D eigenvalue weighted by molar-refractivity contribution is -0.0354. The Hall–Kier alpha value is -0.780. The smallest absolute Gasteiger partial charge is 0.00850 e. The Morgan fingerprint density at radius 3 is 2.67 bits per heavy atom. The largest absolute Gasteiger partial charge is 0.103 e. The average molecular weight is 327 g/mol. The van der Waals surface area contributed by atoms with Crippen LogP contribution in [-0.4, -0.2) is 0 Å². The fourth-order valence-corrected chi connectivity index (χ4v) is 6.80. The molecule has 0 radical (unpaired) electrons. The molecule has 0 heterocycles. The van der Waals surface area contributed by atoms with Gasteiger partial charge in [0.05, 0.1) is 0 Å². The molecule has 0 aromatic carbocycles. The first-order chi connectivity index (χ1) is 11.3. The van der Waals surface area contributed by atoms with Gasteiger partial charge in [0.15, 0.2) is 0 Å². The van der Waals surface area contributed by atoms with Gasteiger partial charge >= 0.3 is 0 Å². The minimum atomic E-state index is 0.403. The Balaban J connectivity index is 1.86. The van der Waals surface area contributed by atoms with Crippen molar-refractivity contribution >= 4 is 0 Å². The minimum Gasteiger partial charge on any atom is -0.103 e. The highest BCUT2D eigenvalue weighted by Crippen LogP contribution is 2.65. The summed E-state index contributed by atoms with van der Waals surface area (Å²) in [7, 11) is 0. The molecule has 24 heavy (non-hydrogen) atoms. The predicted molar refractivity (Wildman–Crippen MR) is 106 cm³/mol. The van der Waals surface area contributed by atoms with Crippen molar-refractivity contribution in [2.45, 2.75) is 79.1 Å². The van der Waals surface area contributed by atoms with Crippen molar-refractivity contribution in [2.24, 2.45) is 34.5 Å². The maximum atomic E-state index is 4.17. The van der Waals surface area contributed by atoms with Crippen molar-refractivity contribution in [3.8, 4) is 0 Å². The minimum absolute atomic E-state index is 0.403. The molecule has 0 saturated heterocycles. The van der Waals surface area contributed by atoms with E-state index in [2.05, 4.69) is 53.0 Å². The summed E-state index contributed by atoms with van der Waals surface area (Å²) in [4.78, 5) is 0. The van der Waals surface area contributed by atoms with Crippen molar-refractivity contribution in [3.63, 3.8) is 0 Å². The van der Waals surface area contributed by atoms with E-state index >= 15 is 0 Å². The summed E-state index contributed by atoms with van der Waals surface area (Å²) >= 11 is 0. The Labute approximate surface area is 150 Å². The topological polar surface area (TPSA) is 0 Å². The second kappa shape index (κ2) is 6.50. The van der Waals surface area contributed by atoms with E-state index < -0.39 is 0 Å². The zero-order valence-corrected chi connectivity index (χ0v) is 16.5. The lowest BCUT2D eigenvalue weighted by Gasteiger charge is -2.56. The van der Waals surface area contributed by atoms with Crippen LogP contribution in [0.1, 0.15) is 79.1 Å². The second-order valence-corrected chi connectivity index (χ2v) is 9.72. The summed E-state index contributed by atoms with van der Waals surface area (Å²) in [5, 5.41) is 0. The van der Waals surface area contributed by atoms with Crippen molar-refractivity contribution in [1.82, 2.24) is 0 Å². The molecule has 0 aliphatic heterocycles. The van der Waals surface area contributed by atoms with E-state index in [1.54, 1.807) is 5.57 Å². The summed E-state index contributed by atoms with van der Waals surface area (Å²) in [5.74, 6) is 3.63. The van der Waals surface area contributed by atoms with E-state index in [1.807, 2.05) is 0 Å². The zero-order chi connectivity index (χ0) is 17.5. The molecule has 3 aliphatic carbocycles. The first-order valence-electron chi connectivity index (χ1n) is 10.3. The highest BCUT2D eigenvalue weighted by atomic mass is 14.6. The van der Waals surface area contributed by atoms with Crippen LogP contribution >= 0.6 is 0 Å². The van der Waals surface area contributed by atoms with Crippen LogP contribution in [0.2, 0.25) is 0 Å². The molecular weight excluding hydrogens is 288 g/mol. The van der Waals surface area contributed by atoms with Gasteiger partial charge < -0.3 is 0 Å². The van der Waals surface area contributed by atoms with Crippen LogP contribution < -0.4 is 0 Å². The number of fused-ring (bicyclic) bond motifs is 3. The average Bonchev–Trinajstić information content (AvgIpc) is 2.86. The number of rotatable bonds is 5. The Morgan fingerprint density at radius 2 is 2.00 bits per heavy atom. The lowest BCUT2D eigenvalue weighted by Crippen LogP contribution is -2.48. The quantitative estimate of drug-likeness (QED) is 0.464. The Kier molecular flexibility index (Phi) is 4.89. The van der Waals surface area contributed by atoms with Crippen molar-refractivity contribution in [2.75, 3.05) is 0 Å². The maximum absolute atomic E-state index is 4.17. The first kappa shape index (κ1) is 18.0. The zero-order valence-electron chi connectivity index (χ0n) is 16.5. The van der Waals surface area contributed by atoms with Gasteiger partial charge in [0.1, 0.15) is 0 Å². The van der Waals surface area contributed by atoms with Crippen LogP contribution in [0, 0.1) is 34.5 Å². The monoisotopic (exact) mass is 326 g/mol. The van der Waals surface area contributed by atoms with Crippen molar-refractivity contribution in [1.29, 1.82) is 0 Å². The van der Waals surface area contributed by atoms with Crippen LogP contribution in [0.4, 0.5) is 0 Å². The van der Waals surface area contributed by atoms with Gasteiger partial charge in [-0.25, -0.2) is 0 Å². The first-order valence-corrected chi connectivity index (χ1v) is 10.3. The molecule has 0 N–H and O–H groups in total. The highest BCUT2D eigenvalue weighted by Gasteiger charge is 2.56. The van der Waals surface area contributed by atoms with Crippen LogP contribution in [0.3, 0.4) is 0 Å². The summed E-state index contributed by atoms with van der Waals surface area (Å²) in [6.45, 7) is 18.0. The molecule has 6 unspecified atom stereocenters. The summed E-state index contributed by atoms with van der Waals surface area (Å²) in [5.41, 5.74) is 3.98. The SMILES string of the molecule is C=CCC1CCC2C3CC=C(C)C(C)(CCC(=C)C)C3CCC12C. The van der Waals surface area contributed by atoms with Gasteiger partial charge in [0.2, 0.25) is 0 Å². The molecule has 0 heteroatoms. The summed E-state index contributed by atoms with van der Waals surface area (Å²) in [6, 6.07) is 0. The maximum Gasteiger partial charge on any atom is -0.00850 e. The van der Waals surface area contributed by atoms with Crippen LogP contribution in [0.25, 0.3) is 0 Å². The number of hydrogen-bond acceptors (Lipinski definition) is 0. The van der Waals surface area contributed by atoms with E-state index in [-0.39, 0.29) is 0 Å². The molecule has 134 valence electrons. The molecule has 0 spiro atoms. The van der Waals surface area contributed by atoms with E-state index in [4.69, 9.17) is 0 Å². The Morgan fingerprint density at radius 1 is 1.25 bits per heavy atom. The molecule has 3 rings (SSSR count). The van der Waals surface area contributed by atoms with Gasteiger partial charge in [-0.05, 0) is 99.7 Å². The fraction of sp³-hybridized carbons (Fsp3) is 0.750. The number of allylic oxidation sites excluding steroid dienone is 4. The molecule has 0 aromatic rings. The van der Waals surface area contributed by atoms with Crippen molar-refractivity contribution < 1.29 is 0 Å².